The van der Waals surface area contributed by atoms with Crippen LogP contribution in [-0.2, 0) is 0 Å². The highest BCUT2D eigenvalue weighted by Gasteiger charge is 2.34. The molecule has 1 aliphatic heterocycles. The molecule has 1 saturated heterocycles. The molecule has 0 unspecified atom stereocenters. The number of hydrogen-bond acceptors (Lipinski definition) is 4. The van der Waals surface area contributed by atoms with E-state index in [9.17, 15) is 19.1 Å². The van der Waals surface area contributed by atoms with Crippen molar-refractivity contribution in [3.8, 4) is 0 Å². The number of benzene rings is 1. The van der Waals surface area contributed by atoms with Crippen LogP contribution in [0.15, 0.2) is 17.1 Å². The van der Waals surface area contributed by atoms with Crippen LogP contribution >= 0.6 is 0 Å². The summed E-state index contributed by atoms with van der Waals surface area (Å²) in [7, 11) is 0. The normalized spacial score (nSPS) is 17.4. The average molecular weight is 377 g/mol. The van der Waals surface area contributed by atoms with Crippen LogP contribution in [0.1, 0.15) is 36.2 Å². The van der Waals surface area contributed by atoms with Gasteiger partial charge in [0.15, 0.2) is 5.82 Å². The van der Waals surface area contributed by atoms with Gasteiger partial charge in [-0.25, -0.2) is 13.6 Å². The Hall–Kier alpha value is -2.48. The van der Waals surface area contributed by atoms with Crippen molar-refractivity contribution in [1.82, 2.24) is 9.88 Å². The molecule has 2 N–H and O–H groups in total. The molecule has 2 aromatic rings. The molecule has 0 bridgehead atoms. The lowest BCUT2D eigenvalue weighted by atomic mass is 9.98. The average Bonchev–Trinajstić information content (AvgIpc) is 3.41. The second-order valence-corrected chi connectivity index (χ2v) is 7.31. The SMILES string of the molecule is CCNCC1CN(c2c(F)cc3c(=O)c(C(=O)O)cn(C4CC4)c3c2F)C1. The molecule has 144 valence electrons. The van der Waals surface area contributed by atoms with Gasteiger partial charge in [-0.1, -0.05) is 6.92 Å². The van der Waals surface area contributed by atoms with Crippen LogP contribution in [0.3, 0.4) is 0 Å². The fourth-order valence-corrected chi connectivity index (χ4v) is 3.74. The van der Waals surface area contributed by atoms with Crippen molar-refractivity contribution in [2.75, 3.05) is 31.1 Å². The maximum Gasteiger partial charge on any atom is 0.341 e. The molecule has 8 heteroatoms. The van der Waals surface area contributed by atoms with E-state index in [-0.39, 0.29) is 22.6 Å². The predicted octanol–water partition coefficient (Wildman–Crippen LogP) is 2.36. The Balaban J connectivity index is 1.82. The molecule has 0 radical (unpaired) electrons. The first-order valence-electron chi connectivity index (χ1n) is 9.18. The van der Waals surface area contributed by atoms with Crippen molar-refractivity contribution in [2.24, 2.45) is 5.92 Å². The summed E-state index contributed by atoms with van der Waals surface area (Å²) in [5, 5.41) is 12.3. The Morgan fingerprint density at radius 3 is 2.63 bits per heavy atom. The van der Waals surface area contributed by atoms with E-state index in [1.54, 1.807) is 4.90 Å². The Labute approximate surface area is 154 Å². The van der Waals surface area contributed by atoms with Gasteiger partial charge in [-0.2, -0.15) is 0 Å². The van der Waals surface area contributed by atoms with E-state index in [1.165, 1.54) is 10.8 Å². The number of aromatic carboxylic acids is 1. The Kier molecular flexibility index (Phi) is 4.38. The summed E-state index contributed by atoms with van der Waals surface area (Å²) in [5.74, 6) is -2.69. The highest BCUT2D eigenvalue weighted by atomic mass is 19.1. The number of halogens is 2. The van der Waals surface area contributed by atoms with Gasteiger partial charge in [-0.05, 0) is 25.5 Å². The first-order chi connectivity index (χ1) is 12.9. The summed E-state index contributed by atoms with van der Waals surface area (Å²) in [6.45, 7) is 4.70. The van der Waals surface area contributed by atoms with Gasteiger partial charge in [-0.15, -0.1) is 0 Å². The molecule has 2 aliphatic rings. The van der Waals surface area contributed by atoms with Crippen molar-refractivity contribution in [1.29, 1.82) is 0 Å². The van der Waals surface area contributed by atoms with E-state index in [0.717, 1.165) is 32.0 Å². The summed E-state index contributed by atoms with van der Waals surface area (Å²) in [6, 6.07) is 0.927. The van der Waals surface area contributed by atoms with Crippen molar-refractivity contribution in [2.45, 2.75) is 25.8 Å². The standard InChI is InChI=1S/C19H21F2N3O3/c1-2-22-6-10-7-23(8-10)17-14(20)5-12-16(15(17)21)24(11-3-4-11)9-13(18(12)25)19(26)27/h5,9-11,22H,2-4,6-8H2,1H3,(H,26,27). The minimum Gasteiger partial charge on any atom is -0.477 e. The molecular weight excluding hydrogens is 356 g/mol. The van der Waals surface area contributed by atoms with Crippen LogP contribution in [-0.4, -0.2) is 41.8 Å². The number of nitrogens with one attached hydrogen (secondary N) is 1. The molecule has 2 fully saturated rings. The van der Waals surface area contributed by atoms with E-state index < -0.39 is 28.6 Å². The first-order valence-corrected chi connectivity index (χ1v) is 9.18. The number of fused-ring (bicyclic) bond motifs is 1. The summed E-state index contributed by atoms with van der Waals surface area (Å²) < 4.78 is 31.5. The monoisotopic (exact) mass is 377 g/mol. The molecule has 27 heavy (non-hydrogen) atoms. The fourth-order valence-electron chi connectivity index (χ4n) is 3.74. The largest absolute Gasteiger partial charge is 0.477 e. The number of hydrogen-bond donors (Lipinski definition) is 2. The number of carboxylic acids is 1. The minimum absolute atomic E-state index is 0.000895. The van der Waals surface area contributed by atoms with Gasteiger partial charge in [0.1, 0.15) is 17.1 Å². The van der Waals surface area contributed by atoms with Gasteiger partial charge in [0.25, 0.3) is 0 Å². The highest BCUT2D eigenvalue weighted by Crippen LogP contribution is 2.40. The van der Waals surface area contributed by atoms with E-state index >= 15 is 4.39 Å². The topological polar surface area (TPSA) is 74.6 Å². The summed E-state index contributed by atoms with van der Waals surface area (Å²) in [4.78, 5) is 25.5. The highest BCUT2D eigenvalue weighted by molar-refractivity contribution is 5.94. The zero-order valence-electron chi connectivity index (χ0n) is 15.0. The van der Waals surface area contributed by atoms with E-state index in [4.69, 9.17) is 0 Å². The molecule has 1 aromatic carbocycles. The predicted molar refractivity (Wildman–Crippen MR) is 97.6 cm³/mol. The number of aromatic nitrogens is 1. The van der Waals surface area contributed by atoms with Gasteiger partial charge in [0, 0.05) is 37.8 Å². The van der Waals surface area contributed by atoms with Crippen LogP contribution in [0.4, 0.5) is 14.5 Å². The number of carbonyl (C=O) groups is 1. The molecule has 0 amide bonds. The second kappa shape index (κ2) is 6.60. The molecule has 1 saturated carbocycles. The molecule has 0 spiro atoms. The molecular formula is C19H21F2N3O3. The summed E-state index contributed by atoms with van der Waals surface area (Å²) >= 11 is 0. The van der Waals surface area contributed by atoms with Crippen molar-refractivity contribution in [3.05, 3.63) is 39.7 Å². The van der Waals surface area contributed by atoms with Crippen molar-refractivity contribution in [3.63, 3.8) is 0 Å². The Morgan fingerprint density at radius 1 is 1.33 bits per heavy atom. The van der Waals surface area contributed by atoms with Crippen molar-refractivity contribution < 1.29 is 18.7 Å². The number of pyridine rings is 1. The molecule has 6 nitrogen and oxygen atoms in total. The molecule has 0 atom stereocenters. The van der Waals surface area contributed by atoms with Gasteiger partial charge < -0.3 is 19.9 Å². The first kappa shape index (κ1) is 17.9. The fraction of sp³-hybridized carbons (Fsp3) is 0.474. The van der Waals surface area contributed by atoms with E-state index in [0.29, 0.717) is 19.0 Å². The second-order valence-electron chi connectivity index (χ2n) is 7.31. The lowest BCUT2D eigenvalue weighted by Gasteiger charge is -2.41. The number of anilines is 1. The van der Waals surface area contributed by atoms with Crippen molar-refractivity contribution >= 4 is 22.6 Å². The third kappa shape index (κ3) is 2.97. The quantitative estimate of drug-likeness (QED) is 0.809. The van der Waals surface area contributed by atoms with Crippen LogP contribution in [0, 0.1) is 17.6 Å². The number of rotatable bonds is 6. The smallest absolute Gasteiger partial charge is 0.341 e. The number of carboxylic acid groups (broad SMARTS) is 1. The van der Waals surface area contributed by atoms with Gasteiger partial charge in [0.05, 0.1) is 10.9 Å². The lowest BCUT2D eigenvalue weighted by Crippen LogP contribution is -2.51. The molecule has 1 aliphatic carbocycles. The maximum absolute atomic E-state index is 15.3. The third-order valence-corrected chi connectivity index (χ3v) is 5.31. The zero-order chi connectivity index (χ0) is 19.3. The minimum atomic E-state index is -1.39. The maximum atomic E-state index is 15.3. The van der Waals surface area contributed by atoms with Crippen LogP contribution in [0.5, 0.6) is 0 Å². The van der Waals surface area contributed by atoms with Crippen LogP contribution in [0.2, 0.25) is 0 Å². The zero-order valence-corrected chi connectivity index (χ0v) is 15.0. The Morgan fingerprint density at radius 2 is 2.04 bits per heavy atom. The van der Waals surface area contributed by atoms with Gasteiger partial charge in [-0.3, -0.25) is 4.79 Å². The molecule has 4 rings (SSSR count). The third-order valence-electron chi connectivity index (χ3n) is 5.31. The van der Waals surface area contributed by atoms with E-state index in [1.807, 2.05) is 6.92 Å². The lowest BCUT2D eigenvalue weighted by molar-refractivity contribution is 0.0695. The van der Waals surface area contributed by atoms with Crippen LogP contribution < -0.4 is 15.6 Å². The van der Waals surface area contributed by atoms with Crippen LogP contribution in [0.25, 0.3) is 10.9 Å². The van der Waals surface area contributed by atoms with Gasteiger partial charge >= 0.3 is 5.97 Å². The molecule has 1 aromatic heterocycles. The molecule has 2 heterocycles. The number of nitrogens with zero attached hydrogens (tertiary/aromatic N) is 2. The summed E-state index contributed by atoms with van der Waals surface area (Å²) in [6.07, 6.45) is 2.74. The summed E-state index contributed by atoms with van der Waals surface area (Å²) in [5.41, 5.74) is -1.45. The Bertz CT molecular complexity index is 979. The van der Waals surface area contributed by atoms with E-state index in [2.05, 4.69) is 5.32 Å². The van der Waals surface area contributed by atoms with Gasteiger partial charge in [0.2, 0.25) is 5.43 Å².